The molecule has 0 saturated heterocycles. The molecule has 1 heterocycles. The fraction of sp³-hybridized carbons (Fsp3) is 0.375. The molecule has 0 amide bonds. The van der Waals surface area contributed by atoms with Gasteiger partial charge in [-0.3, -0.25) is 0 Å². The van der Waals surface area contributed by atoms with E-state index in [0.29, 0.717) is 5.56 Å². The zero-order valence-electron chi connectivity index (χ0n) is 10.9. The van der Waals surface area contributed by atoms with E-state index in [1.54, 1.807) is 0 Å². The van der Waals surface area contributed by atoms with Crippen LogP contribution in [0.2, 0.25) is 0 Å². The molecule has 1 fully saturated rings. The molecule has 0 unspecified atom stereocenters. The highest BCUT2D eigenvalue weighted by atomic mass is 15.0. The number of nitrogens with zero attached hydrogens (tertiary/aromatic N) is 2. The maximum absolute atomic E-state index is 9.24. The van der Waals surface area contributed by atoms with Crippen LogP contribution in [0.3, 0.4) is 0 Å². The van der Waals surface area contributed by atoms with Crippen LogP contribution in [0.1, 0.15) is 31.2 Å². The minimum Gasteiger partial charge on any atom is -0.369 e. The summed E-state index contributed by atoms with van der Waals surface area (Å²) < 4.78 is 0. The van der Waals surface area contributed by atoms with E-state index in [9.17, 15) is 5.26 Å². The Morgan fingerprint density at radius 2 is 2.05 bits per heavy atom. The highest BCUT2D eigenvalue weighted by molar-refractivity contribution is 5.82. The van der Waals surface area contributed by atoms with Crippen LogP contribution in [0.15, 0.2) is 30.3 Å². The first-order valence-corrected chi connectivity index (χ1v) is 6.90. The number of hydrogen-bond acceptors (Lipinski definition) is 3. The number of fused-ring (bicyclic) bond motifs is 1. The van der Waals surface area contributed by atoms with E-state index in [0.717, 1.165) is 29.2 Å². The molecule has 0 spiro atoms. The number of benzene rings is 1. The maximum atomic E-state index is 9.24. The van der Waals surface area contributed by atoms with Crippen LogP contribution in [0, 0.1) is 17.2 Å². The lowest BCUT2D eigenvalue weighted by atomic mass is 10.1. The largest absolute Gasteiger partial charge is 0.369 e. The van der Waals surface area contributed by atoms with Crippen LogP contribution in [0.5, 0.6) is 0 Å². The number of nitriles is 1. The normalized spacial score (nSPS) is 15.5. The number of nitrogens with one attached hydrogen (secondary N) is 1. The number of pyridine rings is 1. The second-order valence-corrected chi connectivity index (χ2v) is 5.22. The Hall–Kier alpha value is -2.08. The van der Waals surface area contributed by atoms with E-state index < -0.39 is 0 Å². The molecule has 3 nitrogen and oxygen atoms in total. The molecule has 1 saturated carbocycles. The summed E-state index contributed by atoms with van der Waals surface area (Å²) >= 11 is 0. The Bertz CT molecular complexity index is 621. The van der Waals surface area contributed by atoms with Crippen LogP contribution >= 0.6 is 0 Å². The van der Waals surface area contributed by atoms with Crippen molar-refractivity contribution < 1.29 is 0 Å². The standard InChI is InChI=1S/C16H17N3/c17-10-14-9-13-7-3-4-8-15(13)19-16(14)18-11-12-5-1-2-6-12/h3-4,7-9,12H,1-2,5-6,11H2,(H,18,19). The average molecular weight is 251 g/mol. The van der Waals surface area contributed by atoms with Gasteiger partial charge in [0.15, 0.2) is 0 Å². The molecule has 0 aliphatic heterocycles. The van der Waals surface area contributed by atoms with E-state index in [1.165, 1.54) is 25.7 Å². The van der Waals surface area contributed by atoms with Crippen molar-refractivity contribution in [3.63, 3.8) is 0 Å². The van der Waals surface area contributed by atoms with Crippen molar-refractivity contribution >= 4 is 16.7 Å². The molecule has 0 radical (unpaired) electrons. The summed E-state index contributed by atoms with van der Waals surface area (Å²) in [6.07, 6.45) is 5.26. The van der Waals surface area contributed by atoms with Crippen molar-refractivity contribution in [2.45, 2.75) is 25.7 Å². The van der Waals surface area contributed by atoms with Gasteiger partial charge in [-0.15, -0.1) is 0 Å². The summed E-state index contributed by atoms with van der Waals surface area (Å²) in [7, 11) is 0. The predicted octanol–water partition coefficient (Wildman–Crippen LogP) is 3.71. The van der Waals surface area contributed by atoms with E-state index in [1.807, 2.05) is 30.3 Å². The van der Waals surface area contributed by atoms with Crippen molar-refractivity contribution in [1.82, 2.24) is 4.98 Å². The van der Waals surface area contributed by atoms with Crippen molar-refractivity contribution in [2.24, 2.45) is 5.92 Å². The highest BCUT2D eigenvalue weighted by Crippen LogP contribution is 2.26. The molecule has 1 aliphatic carbocycles. The van der Waals surface area contributed by atoms with Crippen LogP contribution < -0.4 is 5.32 Å². The van der Waals surface area contributed by atoms with Crippen LogP contribution in [-0.2, 0) is 0 Å². The van der Waals surface area contributed by atoms with Crippen molar-refractivity contribution in [1.29, 1.82) is 5.26 Å². The fourth-order valence-corrected chi connectivity index (χ4v) is 2.79. The maximum Gasteiger partial charge on any atom is 0.144 e. The van der Waals surface area contributed by atoms with Crippen LogP contribution in [0.25, 0.3) is 10.9 Å². The van der Waals surface area contributed by atoms with Crippen LogP contribution in [0.4, 0.5) is 5.82 Å². The molecule has 1 N–H and O–H groups in total. The second kappa shape index (κ2) is 5.27. The molecule has 0 bridgehead atoms. The lowest BCUT2D eigenvalue weighted by Crippen LogP contribution is -2.13. The van der Waals surface area contributed by atoms with Gasteiger partial charge in [0.05, 0.1) is 11.1 Å². The summed E-state index contributed by atoms with van der Waals surface area (Å²) in [5.74, 6) is 1.47. The smallest absolute Gasteiger partial charge is 0.144 e. The minimum absolute atomic E-state index is 0.636. The molecule has 1 aromatic heterocycles. The van der Waals surface area contributed by atoms with Gasteiger partial charge in [-0.1, -0.05) is 31.0 Å². The topological polar surface area (TPSA) is 48.7 Å². The van der Waals surface area contributed by atoms with Crippen molar-refractivity contribution in [2.75, 3.05) is 11.9 Å². The summed E-state index contributed by atoms with van der Waals surface area (Å²) in [6.45, 7) is 0.931. The first-order valence-electron chi connectivity index (χ1n) is 6.90. The number of hydrogen-bond donors (Lipinski definition) is 1. The fourth-order valence-electron chi connectivity index (χ4n) is 2.79. The molecular formula is C16H17N3. The zero-order chi connectivity index (χ0) is 13.1. The van der Waals surface area contributed by atoms with Gasteiger partial charge in [0.1, 0.15) is 11.9 Å². The van der Waals surface area contributed by atoms with E-state index in [-0.39, 0.29) is 0 Å². The van der Waals surface area contributed by atoms with Crippen LogP contribution in [-0.4, -0.2) is 11.5 Å². The lowest BCUT2D eigenvalue weighted by Gasteiger charge is -2.12. The second-order valence-electron chi connectivity index (χ2n) is 5.22. The van der Waals surface area contributed by atoms with Gasteiger partial charge in [-0.05, 0) is 30.9 Å². The molecule has 19 heavy (non-hydrogen) atoms. The molecule has 3 heteroatoms. The minimum atomic E-state index is 0.636. The van der Waals surface area contributed by atoms with Gasteiger partial charge in [-0.25, -0.2) is 4.98 Å². The number of anilines is 1. The Morgan fingerprint density at radius 1 is 1.26 bits per heavy atom. The Morgan fingerprint density at radius 3 is 2.84 bits per heavy atom. The van der Waals surface area contributed by atoms with Gasteiger partial charge < -0.3 is 5.32 Å². The third kappa shape index (κ3) is 2.53. The summed E-state index contributed by atoms with van der Waals surface area (Å²) in [5, 5.41) is 13.6. The summed E-state index contributed by atoms with van der Waals surface area (Å²) in [4.78, 5) is 4.57. The lowest BCUT2D eigenvalue weighted by molar-refractivity contribution is 0.579. The zero-order valence-corrected chi connectivity index (χ0v) is 10.9. The number of aromatic nitrogens is 1. The molecule has 1 aromatic carbocycles. The van der Waals surface area contributed by atoms with E-state index in [2.05, 4.69) is 16.4 Å². The third-order valence-electron chi connectivity index (χ3n) is 3.88. The van der Waals surface area contributed by atoms with Gasteiger partial charge in [-0.2, -0.15) is 5.26 Å². The number of para-hydroxylation sites is 1. The molecule has 3 rings (SSSR count). The van der Waals surface area contributed by atoms with E-state index in [4.69, 9.17) is 0 Å². The van der Waals surface area contributed by atoms with Crippen molar-refractivity contribution in [3.8, 4) is 6.07 Å². The van der Waals surface area contributed by atoms with E-state index >= 15 is 0 Å². The van der Waals surface area contributed by atoms with Gasteiger partial charge in [0, 0.05) is 11.9 Å². The Labute approximate surface area is 113 Å². The average Bonchev–Trinajstić information content (AvgIpc) is 2.97. The molecular weight excluding hydrogens is 234 g/mol. The third-order valence-corrected chi connectivity index (χ3v) is 3.88. The summed E-state index contributed by atoms with van der Waals surface area (Å²) in [5.41, 5.74) is 1.58. The van der Waals surface area contributed by atoms with Gasteiger partial charge in [0.25, 0.3) is 0 Å². The van der Waals surface area contributed by atoms with Gasteiger partial charge >= 0.3 is 0 Å². The van der Waals surface area contributed by atoms with Gasteiger partial charge in [0.2, 0.25) is 0 Å². The monoisotopic (exact) mass is 251 g/mol. The Balaban J connectivity index is 1.86. The first kappa shape index (κ1) is 12.0. The quantitative estimate of drug-likeness (QED) is 0.904. The molecule has 0 atom stereocenters. The Kier molecular flexibility index (Phi) is 3.33. The predicted molar refractivity (Wildman–Crippen MR) is 76.9 cm³/mol. The molecule has 2 aromatic rings. The number of rotatable bonds is 3. The molecule has 96 valence electrons. The first-order chi connectivity index (χ1) is 9.36. The highest BCUT2D eigenvalue weighted by Gasteiger charge is 2.15. The van der Waals surface area contributed by atoms with Crippen molar-refractivity contribution in [3.05, 3.63) is 35.9 Å². The SMILES string of the molecule is N#Cc1cc2ccccc2nc1NCC1CCCC1. The molecule has 1 aliphatic rings. The summed E-state index contributed by atoms with van der Waals surface area (Å²) in [6, 6.07) is 12.1.